The van der Waals surface area contributed by atoms with Crippen LogP contribution < -0.4 is 9.80 Å². The lowest BCUT2D eigenvalue weighted by Crippen LogP contribution is -2.14. The van der Waals surface area contributed by atoms with E-state index in [1.807, 2.05) is 133 Å². The number of para-hydroxylation sites is 4. The molecule has 296 valence electrons. The van der Waals surface area contributed by atoms with Crippen molar-refractivity contribution in [3.05, 3.63) is 230 Å². The molecule has 0 bridgehead atoms. The van der Waals surface area contributed by atoms with Crippen molar-refractivity contribution in [3.8, 4) is 22.3 Å². The van der Waals surface area contributed by atoms with Crippen molar-refractivity contribution in [3.63, 3.8) is 0 Å². The summed E-state index contributed by atoms with van der Waals surface area (Å²) in [5.41, 5.74) is 7.08. The number of rotatable bonds is 10. The number of carbonyl (C=O) groups is 2. The molecule has 6 heteroatoms. The summed E-state index contributed by atoms with van der Waals surface area (Å²) in [4.78, 5) is 31.9. The van der Waals surface area contributed by atoms with Gasteiger partial charge in [-0.25, -0.2) is 9.59 Å². The number of carboxylic acid groups (broad SMARTS) is 2. The molecule has 0 aliphatic rings. The second-order valence-corrected chi connectivity index (χ2v) is 15.1. The van der Waals surface area contributed by atoms with Gasteiger partial charge in [0.2, 0.25) is 0 Å². The SMILES string of the molecule is O=C(O)c1c(C(=O)O)c(-c2ccccc2)c2c3ccc(N(c4ccccc4)c4ccccc4)cc3c3cc(N(c4ccccc4)c4ccccc4)ccc3c2c1-c1ccccc1. The Morgan fingerprint density at radius 3 is 0.855 bits per heavy atom. The molecule has 0 saturated carbocycles. The first-order valence-corrected chi connectivity index (χ1v) is 20.4. The highest BCUT2D eigenvalue weighted by molar-refractivity contribution is 6.36. The molecule has 0 unspecified atom stereocenters. The number of benzene rings is 10. The molecule has 0 heterocycles. The van der Waals surface area contributed by atoms with E-state index < -0.39 is 11.9 Å². The molecule has 0 fully saturated rings. The highest BCUT2D eigenvalue weighted by Gasteiger charge is 2.32. The summed E-state index contributed by atoms with van der Waals surface area (Å²) in [5, 5.41) is 27.0. The van der Waals surface area contributed by atoms with Gasteiger partial charge in [0.25, 0.3) is 0 Å². The minimum atomic E-state index is -1.32. The first kappa shape index (κ1) is 37.8. The normalized spacial score (nSPS) is 11.2. The van der Waals surface area contributed by atoms with Gasteiger partial charge in [-0.2, -0.15) is 0 Å². The maximum atomic E-state index is 13.7. The lowest BCUT2D eigenvalue weighted by Gasteiger charge is -2.28. The van der Waals surface area contributed by atoms with Gasteiger partial charge in [0.15, 0.2) is 0 Å². The molecule has 2 N–H and O–H groups in total. The number of carboxylic acids is 2. The topological polar surface area (TPSA) is 81.1 Å². The summed E-state index contributed by atoms with van der Waals surface area (Å²) in [6.07, 6.45) is 0. The van der Waals surface area contributed by atoms with Crippen LogP contribution in [0.15, 0.2) is 218 Å². The molecular formula is C56H38N2O4. The first-order valence-electron chi connectivity index (χ1n) is 20.4. The average molecular weight is 803 g/mol. The largest absolute Gasteiger partial charge is 0.478 e. The van der Waals surface area contributed by atoms with Gasteiger partial charge in [-0.3, -0.25) is 0 Å². The van der Waals surface area contributed by atoms with Crippen molar-refractivity contribution >= 4 is 78.4 Å². The lowest BCUT2D eigenvalue weighted by molar-refractivity contribution is 0.0653. The maximum Gasteiger partial charge on any atom is 0.337 e. The van der Waals surface area contributed by atoms with E-state index in [4.69, 9.17) is 0 Å². The van der Waals surface area contributed by atoms with Crippen LogP contribution in [0.3, 0.4) is 0 Å². The van der Waals surface area contributed by atoms with E-state index in [1.54, 1.807) is 0 Å². The summed E-state index contributed by atoms with van der Waals surface area (Å²) in [6, 6.07) is 72.0. The van der Waals surface area contributed by atoms with E-state index in [2.05, 4.69) is 94.7 Å². The Morgan fingerprint density at radius 2 is 0.581 bits per heavy atom. The van der Waals surface area contributed by atoms with Crippen LogP contribution in [0.4, 0.5) is 34.1 Å². The highest BCUT2D eigenvalue weighted by atomic mass is 16.4. The van der Waals surface area contributed by atoms with Crippen LogP contribution >= 0.6 is 0 Å². The third-order valence-corrected chi connectivity index (χ3v) is 11.5. The quantitative estimate of drug-likeness (QED) is 0.134. The van der Waals surface area contributed by atoms with Gasteiger partial charge in [0.1, 0.15) is 0 Å². The fourth-order valence-electron chi connectivity index (χ4n) is 8.93. The van der Waals surface area contributed by atoms with Crippen molar-refractivity contribution in [1.82, 2.24) is 0 Å². The van der Waals surface area contributed by atoms with Crippen LogP contribution in [-0.4, -0.2) is 22.2 Å². The number of hydrogen-bond acceptors (Lipinski definition) is 4. The molecule has 62 heavy (non-hydrogen) atoms. The van der Waals surface area contributed by atoms with Crippen LogP contribution in [0.25, 0.3) is 54.6 Å². The average Bonchev–Trinajstić information content (AvgIpc) is 3.32. The van der Waals surface area contributed by atoms with E-state index in [0.29, 0.717) is 33.0 Å². The van der Waals surface area contributed by atoms with E-state index in [1.165, 1.54) is 0 Å². The molecule has 0 spiro atoms. The standard InChI is InChI=1S/C56H38N2O4/c59-55(60)53-49(37-19-7-1-8-20-37)51-45-33-31-43(57(39-23-11-3-12-24-39)40-25-13-4-14-26-40)35-47(45)48-36-44(58(41-27-15-5-16-28-41)42-29-17-6-18-30-42)32-34-46(48)52(51)50(54(53)56(61)62)38-21-9-2-10-22-38/h1-36H,(H,59,60)(H,61,62). The highest BCUT2D eigenvalue weighted by Crippen LogP contribution is 2.51. The second kappa shape index (κ2) is 15.9. The maximum absolute atomic E-state index is 13.7. The fraction of sp³-hybridized carbons (Fsp3) is 0. The van der Waals surface area contributed by atoms with Crippen molar-refractivity contribution in [1.29, 1.82) is 0 Å². The summed E-state index contributed by atoms with van der Waals surface area (Å²) in [7, 11) is 0. The van der Waals surface area contributed by atoms with Gasteiger partial charge in [-0.15, -0.1) is 0 Å². The number of hydrogen-bond donors (Lipinski definition) is 2. The van der Waals surface area contributed by atoms with Gasteiger partial charge in [-0.1, -0.05) is 146 Å². The van der Waals surface area contributed by atoms with Crippen molar-refractivity contribution in [2.45, 2.75) is 0 Å². The smallest absolute Gasteiger partial charge is 0.337 e. The minimum absolute atomic E-state index is 0.258. The van der Waals surface area contributed by atoms with Gasteiger partial charge in [0, 0.05) is 45.3 Å². The number of aromatic carboxylic acids is 2. The number of fused-ring (bicyclic) bond motifs is 6. The Hall–Kier alpha value is -8.48. The third-order valence-electron chi connectivity index (χ3n) is 11.5. The number of nitrogens with zero attached hydrogens (tertiary/aromatic N) is 2. The van der Waals surface area contributed by atoms with Crippen molar-refractivity contribution < 1.29 is 19.8 Å². The van der Waals surface area contributed by atoms with Gasteiger partial charge in [-0.05, 0) is 116 Å². The van der Waals surface area contributed by atoms with E-state index in [0.717, 1.165) is 55.7 Å². The zero-order chi connectivity index (χ0) is 42.2. The summed E-state index contributed by atoms with van der Waals surface area (Å²) in [6.45, 7) is 0. The van der Waals surface area contributed by atoms with Crippen LogP contribution in [0.2, 0.25) is 0 Å². The molecule has 0 aliphatic carbocycles. The molecular weight excluding hydrogens is 765 g/mol. The minimum Gasteiger partial charge on any atom is -0.478 e. The molecule has 0 saturated heterocycles. The van der Waals surface area contributed by atoms with Crippen LogP contribution in [0.5, 0.6) is 0 Å². The Bertz CT molecular complexity index is 2970. The van der Waals surface area contributed by atoms with Crippen molar-refractivity contribution in [2.75, 3.05) is 9.80 Å². The third kappa shape index (κ3) is 6.57. The predicted octanol–water partition coefficient (Wildman–Crippen LogP) is 14.8. The lowest BCUT2D eigenvalue weighted by atomic mass is 9.79. The van der Waals surface area contributed by atoms with Crippen LogP contribution in [0, 0.1) is 0 Å². The molecule has 10 aromatic carbocycles. The van der Waals surface area contributed by atoms with Crippen LogP contribution in [-0.2, 0) is 0 Å². The Balaban J connectivity index is 1.43. The second-order valence-electron chi connectivity index (χ2n) is 15.1. The monoisotopic (exact) mass is 802 g/mol. The first-order chi connectivity index (χ1) is 30.5. The van der Waals surface area contributed by atoms with Crippen LogP contribution in [0.1, 0.15) is 20.7 Å². The molecule has 0 aromatic heterocycles. The Labute approximate surface area is 358 Å². The molecule has 0 atom stereocenters. The number of anilines is 6. The molecule has 0 aliphatic heterocycles. The Kier molecular flexibility index (Phi) is 9.71. The zero-order valence-electron chi connectivity index (χ0n) is 33.4. The van der Waals surface area contributed by atoms with E-state index >= 15 is 0 Å². The summed E-state index contributed by atoms with van der Waals surface area (Å²) >= 11 is 0. The Morgan fingerprint density at radius 1 is 0.306 bits per heavy atom. The molecule has 0 radical (unpaired) electrons. The summed E-state index contributed by atoms with van der Waals surface area (Å²) < 4.78 is 0. The van der Waals surface area contributed by atoms with E-state index in [9.17, 15) is 19.8 Å². The predicted molar refractivity (Wildman–Crippen MR) is 253 cm³/mol. The zero-order valence-corrected chi connectivity index (χ0v) is 33.4. The molecule has 6 nitrogen and oxygen atoms in total. The molecule has 0 amide bonds. The molecule has 10 rings (SSSR count). The summed E-state index contributed by atoms with van der Waals surface area (Å²) in [5.74, 6) is -2.64. The van der Waals surface area contributed by atoms with Gasteiger partial charge in [0.05, 0.1) is 11.1 Å². The van der Waals surface area contributed by atoms with E-state index in [-0.39, 0.29) is 11.1 Å². The van der Waals surface area contributed by atoms with Gasteiger partial charge < -0.3 is 20.0 Å². The van der Waals surface area contributed by atoms with Gasteiger partial charge >= 0.3 is 11.9 Å². The molecule has 10 aromatic rings. The van der Waals surface area contributed by atoms with Crippen molar-refractivity contribution in [2.24, 2.45) is 0 Å². The fourth-order valence-corrected chi connectivity index (χ4v) is 8.93.